The van der Waals surface area contributed by atoms with Crippen molar-refractivity contribution < 1.29 is 23.8 Å². The molecule has 1 heterocycles. The van der Waals surface area contributed by atoms with Crippen molar-refractivity contribution in [2.45, 2.75) is 45.6 Å². The zero-order valence-electron chi connectivity index (χ0n) is 19.5. The molecule has 0 spiro atoms. The van der Waals surface area contributed by atoms with Crippen LogP contribution < -0.4 is 10.1 Å². The molecule has 0 saturated heterocycles. The fraction of sp³-hybridized carbons (Fsp3) is 0.360. The van der Waals surface area contributed by atoms with Crippen molar-refractivity contribution in [3.05, 3.63) is 58.1 Å². The minimum absolute atomic E-state index is 0.0176. The van der Waals surface area contributed by atoms with Gasteiger partial charge in [0.1, 0.15) is 6.61 Å². The number of hydrogen-bond donors (Lipinski definition) is 2. The highest BCUT2D eigenvalue weighted by Gasteiger charge is 2.20. The number of anilines is 1. The van der Waals surface area contributed by atoms with Gasteiger partial charge in [0.25, 0.3) is 5.89 Å². The van der Waals surface area contributed by atoms with E-state index in [4.69, 9.17) is 37.5 Å². The maximum absolute atomic E-state index is 12.2. The summed E-state index contributed by atoms with van der Waals surface area (Å²) in [6.07, 6.45) is 1.45. The number of nitrogens with zero attached hydrogens (tertiary/aromatic N) is 2. The van der Waals surface area contributed by atoms with E-state index < -0.39 is 5.97 Å². The van der Waals surface area contributed by atoms with Crippen molar-refractivity contribution in [3.8, 4) is 17.5 Å². The fourth-order valence-corrected chi connectivity index (χ4v) is 3.83. The highest BCUT2D eigenvalue weighted by molar-refractivity contribution is 6.36. The Balaban J connectivity index is 1.60. The van der Waals surface area contributed by atoms with E-state index in [1.54, 1.807) is 30.3 Å². The lowest BCUT2D eigenvalue weighted by Crippen LogP contribution is -2.33. The van der Waals surface area contributed by atoms with Gasteiger partial charge in [-0.05, 0) is 54.8 Å². The van der Waals surface area contributed by atoms with Gasteiger partial charge in [-0.1, -0.05) is 48.6 Å². The largest absolute Gasteiger partial charge is 0.481 e. The number of hydrogen-bond acceptors (Lipinski definition) is 7. The molecule has 1 aromatic heterocycles. The molecule has 2 N–H and O–H groups in total. The Hall–Kier alpha value is -3.10. The molecular weight excluding hydrogens is 493 g/mol. The third kappa shape index (κ3) is 7.70. The molecule has 10 heteroatoms. The fourth-order valence-electron chi connectivity index (χ4n) is 3.34. The van der Waals surface area contributed by atoms with Crippen molar-refractivity contribution in [2.75, 3.05) is 11.9 Å². The summed E-state index contributed by atoms with van der Waals surface area (Å²) >= 11 is 12.2. The molecule has 0 aliphatic heterocycles. The van der Waals surface area contributed by atoms with Crippen LogP contribution in [0.15, 0.2) is 46.9 Å². The topological polar surface area (TPSA) is 115 Å². The lowest BCUT2D eigenvalue weighted by Gasteiger charge is -2.24. The Morgan fingerprint density at radius 3 is 2.51 bits per heavy atom. The molecule has 0 aliphatic carbocycles. The maximum atomic E-state index is 12.2. The molecule has 186 valence electrons. The first kappa shape index (κ1) is 26.5. The minimum atomic E-state index is -0.902. The van der Waals surface area contributed by atoms with Crippen LogP contribution in [0.4, 0.5) is 5.69 Å². The summed E-state index contributed by atoms with van der Waals surface area (Å²) in [6.45, 7) is 4.47. The highest BCUT2D eigenvalue weighted by atomic mass is 35.5. The number of Topliss-reactive ketones (excluding diaryl/α,β-unsaturated/α-hetero) is 1. The first-order valence-electron chi connectivity index (χ1n) is 11.3. The quantitative estimate of drug-likeness (QED) is 0.249. The molecule has 0 amide bonds. The zero-order chi connectivity index (χ0) is 25.4. The van der Waals surface area contributed by atoms with Gasteiger partial charge in [-0.25, -0.2) is 0 Å². The van der Waals surface area contributed by atoms with Gasteiger partial charge in [-0.15, -0.1) is 5.10 Å². The second kappa shape index (κ2) is 12.6. The van der Waals surface area contributed by atoms with Crippen LogP contribution in [0.1, 0.15) is 49.9 Å². The average molecular weight is 520 g/mol. The summed E-state index contributed by atoms with van der Waals surface area (Å²) in [5, 5.41) is 21.0. The standard InChI is InChI=1S/C25H27Cl2N3O5/c1-3-15(2)21(28-18-10-7-16(8-11-18)22(31)5-4-6-23(32)33)14-34-25-30-29-24(35-25)19-12-9-17(26)13-20(19)27/h7-13,15,21,28H,3-6,14H2,1-2H3,(H,32,33)/t15-,21+/m0/s1. The van der Waals surface area contributed by atoms with Crippen molar-refractivity contribution in [1.29, 1.82) is 0 Å². The van der Waals surface area contributed by atoms with Gasteiger partial charge >= 0.3 is 12.0 Å². The summed E-state index contributed by atoms with van der Waals surface area (Å²) in [5.74, 6) is -0.479. The molecule has 0 bridgehead atoms. The third-order valence-corrected chi connectivity index (χ3v) is 6.19. The van der Waals surface area contributed by atoms with Gasteiger partial charge in [0.15, 0.2) is 5.78 Å². The molecule has 3 rings (SSSR count). The number of nitrogens with one attached hydrogen (secondary N) is 1. The van der Waals surface area contributed by atoms with Gasteiger partial charge in [0, 0.05) is 29.1 Å². The Morgan fingerprint density at radius 1 is 1.11 bits per heavy atom. The van der Waals surface area contributed by atoms with E-state index in [-0.39, 0.29) is 49.2 Å². The molecule has 8 nitrogen and oxygen atoms in total. The molecule has 2 atom stereocenters. The number of carbonyl (C=O) groups excluding carboxylic acids is 1. The van der Waals surface area contributed by atoms with Crippen molar-refractivity contribution in [3.63, 3.8) is 0 Å². The SMILES string of the molecule is CC[C@H](C)[C@@H](COc1nnc(-c2ccc(Cl)cc2Cl)o1)Nc1ccc(C(=O)CCCC(=O)O)cc1. The van der Waals surface area contributed by atoms with E-state index in [9.17, 15) is 9.59 Å². The van der Waals surface area contributed by atoms with Gasteiger partial charge < -0.3 is 19.6 Å². The molecule has 2 aromatic carbocycles. The monoisotopic (exact) mass is 519 g/mol. The van der Waals surface area contributed by atoms with Crippen LogP contribution in [-0.4, -0.2) is 39.7 Å². The molecule has 35 heavy (non-hydrogen) atoms. The van der Waals surface area contributed by atoms with Gasteiger partial charge in [-0.2, -0.15) is 0 Å². The highest BCUT2D eigenvalue weighted by Crippen LogP contribution is 2.30. The van der Waals surface area contributed by atoms with E-state index in [0.29, 0.717) is 27.6 Å². The van der Waals surface area contributed by atoms with Crippen LogP contribution in [0, 0.1) is 5.92 Å². The third-order valence-electron chi connectivity index (χ3n) is 5.64. The zero-order valence-corrected chi connectivity index (χ0v) is 21.0. The molecule has 0 radical (unpaired) electrons. The number of aliphatic carboxylic acids is 1. The molecule has 0 saturated carbocycles. The molecular formula is C25H27Cl2N3O5. The molecule has 0 unspecified atom stereocenters. The Bertz CT molecular complexity index is 1150. The first-order chi connectivity index (χ1) is 16.8. The molecule has 3 aromatic rings. The van der Waals surface area contributed by atoms with Crippen molar-refractivity contribution in [2.24, 2.45) is 5.92 Å². The van der Waals surface area contributed by atoms with Crippen LogP contribution >= 0.6 is 23.2 Å². The smallest absolute Gasteiger partial charge is 0.414 e. The van der Waals surface area contributed by atoms with E-state index in [0.717, 1.165) is 12.1 Å². The number of rotatable bonds is 13. The summed E-state index contributed by atoms with van der Waals surface area (Å²) in [5.41, 5.74) is 1.95. The van der Waals surface area contributed by atoms with Crippen LogP contribution in [0.25, 0.3) is 11.5 Å². The summed E-state index contributed by atoms with van der Waals surface area (Å²) in [6, 6.07) is 12.0. The number of carbonyl (C=O) groups is 2. The van der Waals surface area contributed by atoms with Crippen LogP contribution in [-0.2, 0) is 4.79 Å². The number of ketones is 1. The van der Waals surface area contributed by atoms with Crippen molar-refractivity contribution >= 4 is 40.6 Å². The Labute approximate surface area is 213 Å². The number of ether oxygens (including phenoxy) is 1. The number of halogens is 2. The summed E-state index contributed by atoms with van der Waals surface area (Å²) in [4.78, 5) is 22.9. The normalized spacial score (nSPS) is 12.7. The minimum Gasteiger partial charge on any atom is -0.481 e. The second-order valence-corrected chi connectivity index (χ2v) is 9.04. The lowest BCUT2D eigenvalue weighted by atomic mass is 9.99. The first-order valence-corrected chi connectivity index (χ1v) is 12.1. The molecule has 0 fully saturated rings. The number of carboxylic acid groups (broad SMARTS) is 1. The maximum Gasteiger partial charge on any atom is 0.414 e. The predicted molar refractivity (Wildman–Crippen MR) is 134 cm³/mol. The van der Waals surface area contributed by atoms with Gasteiger partial charge in [0.2, 0.25) is 0 Å². The lowest BCUT2D eigenvalue weighted by molar-refractivity contribution is -0.137. The summed E-state index contributed by atoms with van der Waals surface area (Å²) < 4.78 is 11.4. The van der Waals surface area contributed by atoms with Crippen LogP contribution in [0.5, 0.6) is 6.08 Å². The Kier molecular flexibility index (Phi) is 9.51. The van der Waals surface area contributed by atoms with Crippen LogP contribution in [0.3, 0.4) is 0 Å². The second-order valence-electron chi connectivity index (χ2n) is 8.19. The number of aromatic nitrogens is 2. The van der Waals surface area contributed by atoms with E-state index in [2.05, 4.69) is 29.4 Å². The van der Waals surface area contributed by atoms with E-state index >= 15 is 0 Å². The number of carboxylic acids is 1. The van der Waals surface area contributed by atoms with Gasteiger partial charge in [-0.3, -0.25) is 9.59 Å². The average Bonchev–Trinajstić information content (AvgIpc) is 3.30. The van der Waals surface area contributed by atoms with E-state index in [1.807, 2.05) is 12.1 Å². The predicted octanol–water partition coefficient (Wildman–Crippen LogP) is 6.39. The van der Waals surface area contributed by atoms with Crippen molar-refractivity contribution in [1.82, 2.24) is 10.2 Å². The van der Waals surface area contributed by atoms with Gasteiger partial charge in [0.05, 0.1) is 16.6 Å². The molecule has 0 aliphatic rings. The number of benzene rings is 2. The van der Waals surface area contributed by atoms with E-state index in [1.165, 1.54) is 0 Å². The Morgan fingerprint density at radius 2 is 1.86 bits per heavy atom. The summed E-state index contributed by atoms with van der Waals surface area (Å²) in [7, 11) is 0. The van der Waals surface area contributed by atoms with Crippen LogP contribution in [0.2, 0.25) is 10.0 Å².